The topological polar surface area (TPSA) is 75.6 Å². The summed E-state index contributed by atoms with van der Waals surface area (Å²) in [5.41, 5.74) is 14.0. The van der Waals surface area contributed by atoms with Gasteiger partial charge in [0.25, 0.3) is 0 Å². The van der Waals surface area contributed by atoms with E-state index in [-0.39, 0.29) is 11.8 Å². The van der Waals surface area contributed by atoms with E-state index in [1.807, 2.05) is 30.9 Å². The summed E-state index contributed by atoms with van der Waals surface area (Å²) in [6, 6.07) is 5.69. The fraction of sp³-hybridized carbons (Fsp3) is 0.500. The molecule has 1 aromatic rings. The van der Waals surface area contributed by atoms with Crippen LogP contribution in [0.2, 0.25) is 0 Å². The molecule has 1 aliphatic rings. The van der Waals surface area contributed by atoms with Crippen molar-refractivity contribution >= 4 is 23.0 Å². The molecule has 4 N–H and O–H groups in total. The third kappa shape index (κ3) is 2.75. The van der Waals surface area contributed by atoms with Crippen LogP contribution >= 0.6 is 0 Å². The number of carbonyl (C=O) groups excluding carboxylic acids is 1. The summed E-state index contributed by atoms with van der Waals surface area (Å²) in [6.07, 6.45) is 0. The van der Waals surface area contributed by atoms with Crippen LogP contribution in [0.1, 0.15) is 13.8 Å². The molecule has 0 spiro atoms. The van der Waals surface area contributed by atoms with Crippen molar-refractivity contribution in [2.75, 3.05) is 42.5 Å². The monoisotopic (exact) mass is 262 g/mol. The lowest BCUT2D eigenvalue weighted by atomic mass is 10.1. The lowest BCUT2D eigenvalue weighted by molar-refractivity contribution is -0.134. The molecule has 1 fully saturated rings. The van der Waals surface area contributed by atoms with Gasteiger partial charge in [0, 0.05) is 32.1 Å². The Balaban J connectivity index is 2.04. The summed E-state index contributed by atoms with van der Waals surface area (Å²) < 4.78 is 0. The first kappa shape index (κ1) is 13.5. The fourth-order valence-electron chi connectivity index (χ4n) is 2.38. The number of rotatable bonds is 2. The van der Waals surface area contributed by atoms with E-state index in [1.54, 1.807) is 6.07 Å². The predicted molar refractivity (Wildman–Crippen MR) is 78.9 cm³/mol. The molecule has 0 radical (unpaired) electrons. The average Bonchev–Trinajstić information content (AvgIpc) is 2.41. The van der Waals surface area contributed by atoms with Gasteiger partial charge >= 0.3 is 0 Å². The van der Waals surface area contributed by atoms with Crippen LogP contribution in [-0.2, 0) is 4.79 Å². The third-order valence-corrected chi connectivity index (χ3v) is 3.54. The molecule has 104 valence electrons. The zero-order valence-corrected chi connectivity index (χ0v) is 11.6. The molecule has 1 heterocycles. The Labute approximate surface area is 114 Å². The zero-order valence-electron chi connectivity index (χ0n) is 11.6. The van der Waals surface area contributed by atoms with Gasteiger partial charge < -0.3 is 21.3 Å². The maximum absolute atomic E-state index is 11.9. The van der Waals surface area contributed by atoms with Crippen LogP contribution in [0.5, 0.6) is 0 Å². The highest BCUT2D eigenvalue weighted by Gasteiger charge is 2.23. The molecule has 1 amide bonds. The number of benzene rings is 1. The van der Waals surface area contributed by atoms with Crippen LogP contribution in [0.4, 0.5) is 17.1 Å². The van der Waals surface area contributed by atoms with Gasteiger partial charge in [0.1, 0.15) is 0 Å². The number of hydrogen-bond donors (Lipinski definition) is 2. The quantitative estimate of drug-likeness (QED) is 0.784. The van der Waals surface area contributed by atoms with Crippen LogP contribution in [0.15, 0.2) is 18.2 Å². The highest BCUT2D eigenvalue weighted by Crippen LogP contribution is 2.29. The second kappa shape index (κ2) is 5.38. The second-order valence-electron chi connectivity index (χ2n) is 5.25. The summed E-state index contributed by atoms with van der Waals surface area (Å²) in [5, 5.41) is 0. The van der Waals surface area contributed by atoms with Gasteiger partial charge in [-0.15, -0.1) is 0 Å². The zero-order chi connectivity index (χ0) is 14.0. The summed E-state index contributed by atoms with van der Waals surface area (Å²) >= 11 is 0. The van der Waals surface area contributed by atoms with Crippen LogP contribution < -0.4 is 16.4 Å². The number of anilines is 3. The minimum Gasteiger partial charge on any atom is -0.397 e. The largest absolute Gasteiger partial charge is 0.397 e. The normalized spacial score (nSPS) is 15.9. The van der Waals surface area contributed by atoms with E-state index in [1.165, 1.54) is 0 Å². The molecule has 0 bridgehead atoms. The van der Waals surface area contributed by atoms with E-state index in [4.69, 9.17) is 11.5 Å². The van der Waals surface area contributed by atoms with Gasteiger partial charge in [0.05, 0.1) is 17.1 Å². The van der Waals surface area contributed by atoms with Crippen molar-refractivity contribution in [3.63, 3.8) is 0 Å². The summed E-state index contributed by atoms with van der Waals surface area (Å²) in [6.45, 7) is 6.95. The predicted octanol–water partition coefficient (Wildman–Crippen LogP) is 1.16. The van der Waals surface area contributed by atoms with E-state index < -0.39 is 0 Å². The van der Waals surface area contributed by atoms with Crippen molar-refractivity contribution < 1.29 is 4.79 Å². The maximum Gasteiger partial charge on any atom is 0.225 e. The van der Waals surface area contributed by atoms with Crippen molar-refractivity contribution in [3.05, 3.63) is 18.2 Å². The summed E-state index contributed by atoms with van der Waals surface area (Å²) in [7, 11) is 0. The molecular formula is C14H22N4O. The van der Waals surface area contributed by atoms with Crippen LogP contribution in [0, 0.1) is 5.92 Å². The number of nitrogens with two attached hydrogens (primary N) is 2. The smallest absolute Gasteiger partial charge is 0.225 e. The van der Waals surface area contributed by atoms with E-state index in [9.17, 15) is 4.79 Å². The van der Waals surface area contributed by atoms with Gasteiger partial charge in [0.2, 0.25) is 5.91 Å². The highest BCUT2D eigenvalue weighted by molar-refractivity contribution is 5.81. The molecule has 1 aromatic carbocycles. The Morgan fingerprint density at radius 2 is 1.79 bits per heavy atom. The molecule has 19 heavy (non-hydrogen) atoms. The highest BCUT2D eigenvalue weighted by atomic mass is 16.2. The lowest BCUT2D eigenvalue weighted by Gasteiger charge is -2.37. The van der Waals surface area contributed by atoms with Crippen LogP contribution in [0.25, 0.3) is 0 Å². The number of nitrogen functional groups attached to an aromatic ring is 2. The number of carbonyl (C=O) groups is 1. The fourth-order valence-corrected chi connectivity index (χ4v) is 2.38. The molecule has 5 nitrogen and oxygen atoms in total. The minimum atomic E-state index is 0.0592. The van der Waals surface area contributed by atoms with Gasteiger partial charge in [-0.05, 0) is 12.1 Å². The average molecular weight is 262 g/mol. The van der Waals surface area contributed by atoms with Gasteiger partial charge in [-0.25, -0.2) is 0 Å². The molecule has 0 aliphatic carbocycles. The SMILES string of the molecule is CC(C)C(=O)N1CCN(c2cccc(N)c2N)CC1. The Morgan fingerprint density at radius 1 is 1.16 bits per heavy atom. The minimum absolute atomic E-state index is 0.0592. The summed E-state index contributed by atoms with van der Waals surface area (Å²) in [4.78, 5) is 16.0. The van der Waals surface area contributed by atoms with Crippen molar-refractivity contribution in [2.45, 2.75) is 13.8 Å². The second-order valence-corrected chi connectivity index (χ2v) is 5.25. The first-order chi connectivity index (χ1) is 9.00. The maximum atomic E-state index is 11.9. The van der Waals surface area contributed by atoms with Gasteiger partial charge in [-0.2, -0.15) is 0 Å². The molecular weight excluding hydrogens is 240 g/mol. The number of piperazine rings is 1. The number of hydrogen-bond acceptors (Lipinski definition) is 4. The third-order valence-electron chi connectivity index (χ3n) is 3.54. The van der Waals surface area contributed by atoms with Crippen molar-refractivity contribution in [2.24, 2.45) is 5.92 Å². The van der Waals surface area contributed by atoms with E-state index >= 15 is 0 Å². The Morgan fingerprint density at radius 3 is 2.37 bits per heavy atom. The molecule has 1 saturated heterocycles. The van der Waals surface area contributed by atoms with Crippen molar-refractivity contribution in [3.8, 4) is 0 Å². The standard InChI is InChI=1S/C14H22N4O/c1-10(2)14(19)18-8-6-17(7-9-18)12-5-3-4-11(15)13(12)16/h3-5,10H,6-9,15-16H2,1-2H3. The molecule has 0 atom stereocenters. The van der Waals surface area contributed by atoms with Crippen LogP contribution in [-0.4, -0.2) is 37.0 Å². The number of para-hydroxylation sites is 1. The number of nitrogens with zero attached hydrogens (tertiary/aromatic N) is 2. The van der Waals surface area contributed by atoms with E-state index in [0.29, 0.717) is 11.4 Å². The molecule has 0 saturated carbocycles. The van der Waals surface area contributed by atoms with E-state index in [0.717, 1.165) is 31.9 Å². The molecule has 2 rings (SSSR count). The Bertz CT molecular complexity index is 465. The van der Waals surface area contributed by atoms with Crippen molar-refractivity contribution in [1.82, 2.24) is 4.90 Å². The first-order valence-corrected chi connectivity index (χ1v) is 6.68. The molecule has 0 aromatic heterocycles. The lowest BCUT2D eigenvalue weighted by Crippen LogP contribution is -2.50. The Kier molecular flexibility index (Phi) is 3.83. The molecule has 5 heteroatoms. The van der Waals surface area contributed by atoms with Crippen molar-refractivity contribution in [1.29, 1.82) is 0 Å². The van der Waals surface area contributed by atoms with Gasteiger partial charge in [-0.3, -0.25) is 4.79 Å². The summed E-state index contributed by atoms with van der Waals surface area (Å²) in [5.74, 6) is 0.282. The van der Waals surface area contributed by atoms with Gasteiger partial charge in [0.15, 0.2) is 0 Å². The molecule has 1 aliphatic heterocycles. The van der Waals surface area contributed by atoms with E-state index in [2.05, 4.69) is 4.90 Å². The number of amides is 1. The molecule has 0 unspecified atom stereocenters. The Hall–Kier alpha value is -1.91. The van der Waals surface area contributed by atoms with Crippen LogP contribution in [0.3, 0.4) is 0 Å². The van der Waals surface area contributed by atoms with Gasteiger partial charge in [-0.1, -0.05) is 19.9 Å². The first-order valence-electron chi connectivity index (χ1n) is 6.68.